The Kier molecular flexibility index (Phi) is 2.90. The molecule has 19 heavy (non-hydrogen) atoms. The van der Waals surface area contributed by atoms with Crippen LogP contribution in [0.3, 0.4) is 0 Å². The van der Waals surface area contributed by atoms with E-state index in [4.69, 9.17) is 9.31 Å². The maximum atomic E-state index is 14.5. The van der Waals surface area contributed by atoms with Gasteiger partial charge in [-0.05, 0) is 64.5 Å². The maximum Gasteiger partial charge on any atom is 0.525 e. The van der Waals surface area contributed by atoms with Gasteiger partial charge in [0.15, 0.2) is 0 Å². The highest BCUT2D eigenvalue weighted by Crippen LogP contribution is 2.52. The molecule has 3 rings (SSSR count). The third-order valence-electron chi connectivity index (χ3n) is 5.31. The van der Waals surface area contributed by atoms with Crippen LogP contribution < -0.4 is 5.32 Å². The molecule has 1 aliphatic carbocycles. The van der Waals surface area contributed by atoms with Crippen molar-refractivity contribution in [3.05, 3.63) is 11.3 Å². The summed E-state index contributed by atoms with van der Waals surface area (Å²) in [6.07, 6.45) is 2.87. The molecule has 0 unspecified atom stereocenters. The fourth-order valence-electron chi connectivity index (χ4n) is 3.23. The highest BCUT2D eigenvalue weighted by Gasteiger charge is 2.55. The minimum Gasteiger partial charge on any atom is -0.398 e. The highest BCUT2D eigenvalue weighted by molar-refractivity contribution is 6.53. The Balaban J connectivity index is 1.71. The first-order valence-corrected chi connectivity index (χ1v) is 7.19. The van der Waals surface area contributed by atoms with Crippen molar-refractivity contribution in [2.45, 2.75) is 58.2 Å². The molecule has 0 aromatic carbocycles. The zero-order valence-electron chi connectivity index (χ0n) is 12.3. The predicted molar refractivity (Wildman–Crippen MR) is 73.4 cm³/mol. The first kappa shape index (κ1) is 13.6. The van der Waals surface area contributed by atoms with Crippen molar-refractivity contribution in [2.75, 3.05) is 13.1 Å². The van der Waals surface area contributed by atoms with Crippen LogP contribution in [0.25, 0.3) is 0 Å². The van der Waals surface area contributed by atoms with Gasteiger partial charge in [0.05, 0.1) is 11.2 Å². The summed E-state index contributed by atoms with van der Waals surface area (Å²) in [6.45, 7) is 9.89. The lowest BCUT2D eigenvalue weighted by molar-refractivity contribution is 0.00578. The average molecular weight is 267 g/mol. The van der Waals surface area contributed by atoms with Crippen molar-refractivity contribution in [3.63, 3.8) is 0 Å². The average Bonchev–Trinajstić information content (AvgIpc) is 2.79. The highest BCUT2D eigenvalue weighted by atomic mass is 19.1. The molecule has 1 saturated carbocycles. The van der Waals surface area contributed by atoms with E-state index in [9.17, 15) is 4.39 Å². The van der Waals surface area contributed by atoms with Crippen LogP contribution in [0.2, 0.25) is 0 Å². The van der Waals surface area contributed by atoms with Crippen LogP contribution in [0.1, 0.15) is 47.0 Å². The van der Waals surface area contributed by atoms with Gasteiger partial charge in [0.1, 0.15) is 5.73 Å². The van der Waals surface area contributed by atoms with Gasteiger partial charge in [0.2, 0.25) is 0 Å². The van der Waals surface area contributed by atoms with Gasteiger partial charge >= 0.3 is 7.12 Å². The van der Waals surface area contributed by atoms with Crippen LogP contribution in [0, 0.1) is 5.41 Å². The monoisotopic (exact) mass is 267 g/mol. The van der Waals surface area contributed by atoms with Crippen molar-refractivity contribution >= 4 is 7.12 Å². The molecule has 0 radical (unpaired) electrons. The topological polar surface area (TPSA) is 30.5 Å². The Morgan fingerprint density at radius 3 is 2.21 bits per heavy atom. The lowest BCUT2D eigenvalue weighted by atomic mass is 9.62. The number of halogens is 1. The van der Waals surface area contributed by atoms with E-state index in [-0.39, 0.29) is 5.73 Å². The molecule has 3 fully saturated rings. The molecular formula is C14H23BFNO2. The normalized spacial score (nSPS) is 35.8. The van der Waals surface area contributed by atoms with E-state index in [1.165, 1.54) is 0 Å². The molecule has 0 atom stereocenters. The molecule has 0 amide bonds. The van der Waals surface area contributed by atoms with Gasteiger partial charge in [-0.25, -0.2) is 4.39 Å². The molecule has 1 spiro atoms. The summed E-state index contributed by atoms with van der Waals surface area (Å²) in [5.74, 6) is 0. The van der Waals surface area contributed by atoms with Gasteiger partial charge in [-0.3, -0.25) is 0 Å². The van der Waals surface area contributed by atoms with E-state index in [2.05, 4.69) is 5.32 Å². The summed E-state index contributed by atoms with van der Waals surface area (Å²) in [7, 11) is -0.813. The summed E-state index contributed by atoms with van der Waals surface area (Å²) in [5, 5.41) is 3.36. The van der Waals surface area contributed by atoms with E-state index in [1.807, 2.05) is 27.7 Å². The molecule has 2 saturated heterocycles. The smallest absolute Gasteiger partial charge is 0.398 e. The molecule has 3 aliphatic rings. The van der Waals surface area contributed by atoms with E-state index < -0.39 is 18.3 Å². The molecule has 106 valence electrons. The van der Waals surface area contributed by atoms with Gasteiger partial charge in [-0.2, -0.15) is 0 Å². The molecule has 0 aromatic rings. The van der Waals surface area contributed by atoms with Crippen molar-refractivity contribution in [1.29, 1.82) is 0 Å². The van der Waals surface area contributed by atoms with Crippen LogP contribution in [0.15, 0.2) is 11.3 Å². The third-order valence-corrected chi connectivity index (χ3v) is 5.31. The van der Waals surface area contributed by atoms with Gasteiger partial charge in [0, 0.05) is 6.54 Å². The maximum absolute atomic E-state index is 14.5. The molecule has 2 heterocycles. The first-order chi connectivity index (χ1) is 8.75. The number of hydrogen-bond donors (Lipinski definition) is 1. The number of nitrogens with one attached hydrogen (secondary N) is 1. The molecule has 0 aromatic heterocycles. The van der Waals surface area contributed by atoms with Gasteiger partial charge < -0.3 is 14.6 Å². The summed E-state index contributed by atoms with van der Waals surface area (Å²) >= 11 is 0. The second-order valence-corrected chi connectivity index (χ2v) is 7.32. The van der Waals surface area contributed by atoms with E-state index in [1.54, 1.807) is 0 Å². The van der Waals surface area contributed by atoms with Gasteiger partial charge in [-0.1, -0.05) is 0 Å². The van der Waals surface area contributed by atoms with Crippen LogP contribution in [0.5, 0.6) is 0 Å². The van der Waals surface area contributed by atoms with Gasteiger partial charge in [0.25, 0.3) is 0 Å². The largest absolute Gasteiger partial charge is 0.525 e. The molecule has 5 heteroatoms. The number of rotatable bonds is 1. The Bertz CT molecular complexity index is 401. The second-order valence-electron chi connectivity index (χ2n) is 7.32. The zero-order chi connectivity index (χ0) is 13.9. The Labute approximate surface area is 115 Å². The summed E-state index contributed by atoms with van der Waals surface area (Å²) in [4.78, 5) is 0. The Morgan fingerprint density at radius 2 is 1.74 bits per heavy atom. The van der Waals surface area contributed by atoms with E-state index >= 15 is 0 Å². The lowest BCUT2D eigenvalue weighted by Crippen LogP contribution is -2.41. The second kappa shape index (κ2) is 4.06. The molecular weight excluding hydrogens is 244 g/mol. The SMILES string of the molecule is CC1(C)OB(C(F)=C2CC3(CCNC3)C2)OC1(C)C. The third kappa shape index (κ3) is 2.06. The Hall–Kier alpha value is -0.385. The summed E-state index contributed by atoms with van der Waals surface area (Å²) in [6, 6.07) is 0. The van der Waals surface area contributed by atoms with Crippen LogP contribution in [-0.2, 0) is 9.31 Å². The number of allylic oxidation sites excluding steroid dienone is 1. The molecule has 3 nitrogen and oxygen atoms in total. The van der Waals surface area contributed by atoms with Gasteiger partial charge in [-0.15, -0.1) is 0 Å². The van der Waals surface area contributed by atoms with E-state index in [0.717, 1.165) is 37.9 Å². The predicted octanol–water partition coefficient (Wildman–Crippen LogP) is 2.61. The van der Waals surface area contributed by atoms with Crippen molar-refractivity contribution in [3.8, 4) is 0 Å². The lowest BCUT2D eigenvalue weighted by Gasteiger charge is -2.40. The van der Waals surface area contributed by atoms with Crippen LogP contribution >= 0.6 is 0 Å². The van der Waals surface area contributed by atoms with Crippen molar-refractivity contribution in [2.24, 2.45) is 5.41 Å². The first-order valence-electron chi connectivity index (χ1n) is 7.19. The minimum absolute atomic E-state index is 0.184. The van der Waals surface area contributed by atoms with Crippen LogP contribution in [0.4, 0.5) is 4.39 Å². The Morgan fingerprint density at radius 1 is 1.16 bits per heavy atom. The number of hydrogen-bond acceptors (Lipinski definition) is 3. The molecule has 1 N–H and O–H groups in total. The van der Waals surface area contributed by atoms with Crippen molar-refractivity contribution < 1.29 is 13.7 Å². The molecule has 2 aliphatic heterocycles. The van der Waals surface area contributed by atoms with Crippen molar-refractivity contribution in [1.82, 2.24) is 5.32 Å². The zero-order valence-corrected chi connectivity index (χ0v) is 12.3. The standard InChI is InChI=1S/C14H23BFNO2/c1-12(2)13(3,4)19-15(18-12)11(16)10-7-14(8-10)5-6-17-9-14/h17H,5-9H2,1-4H3. The molecule has 0 bridgehead atoms. The van der Waals surface area contributed by atoms with Crippen LogP contribution in [-0.4, -0.2) is 31.4 Å². The quantitative estimate of drug-likeness (QED) is 0.741. The van der Waals surface area contributed by atoms with E-state index in [0.29, 0.717) is 5.41 Å². The summed E-state index contributed by atoms with van der Waals surface area (Å²) in [5.41, 5.74) is 0.0899. The fourth-order valence-corrected chi connectivity index (χ4v) is 3.23. The summed E-state index contributed by atoms with van der Waals surface area (Å²) < 4.78 is 26.0. The fraction of sp³-hybridized carbons (Fsp3) is 0.857. The minimum atomic E-state index is -0.813.